The number of aryl methyl sites for hydroxylation is 4. The summed E-state index contributed by atoms with van der Waals surface area (Å²) >= 11 is 2.90. The zero-order valence-electron chi connectivity index (χ0n) is 17.9. The lowest BCUT2D eigenvalue weighted by molar-refractivity contribution is -0.113. The number of aromatic nitrogens is 4. The summed E-state index contributed by atoms with van der Waals surface area (Å²) in [4.78, 5) is 33.2. The fourth-order valence-corrected chi connectivity index (χ4v) is 6.24. The highest BCUT2D eigenvalue weighted by Crippen LogP contribution is 2.35. The molecule has 0 bridgehead atoms. The minimum absolute atomic E-state index is 0.0502. The van der Waals surface area contributed by atoms with Crippen LogP contribution in [0.2, 0.25) is 0 Å². The summed E-state index contributed by atoms with van der Waals surface area (Å²) in [7, 11) is 1.79. The number of nitrogens with one attached hydrogen (secondary N) is 1. The first kappa shape index (κ1) is 21.0. The Morgan fingerprint density at radius 3 is 2.75 bits per heavy atom. The molecule has 7 nitrogen and oxygen atoms in total. The number of carbonyl (C=O) groups is 1. The molecule has 9 heteroatoms. The van der Waals surface area contributed by atoms with Gasteiger partial charge in [-0.1, -0.05) is 30.0 Å². The first-order chi connectivity index (χ1) is 15.5. The highest BCUT2D eigenvalue weighted by atomic mass is 32.2. The van der Waals surface area contributed by atoms with Gasteiger partial charge in [0.2, 0.25) is 5.91 Å². The van der Waals surface area contributed by atoms with Crippen molar-refractivity contribution in [1.29, 1.82) is 0 Å². The predicted molar refractivity (Wildman–Crippen MR) is 129 cm³/mol. The summed E-state index contributed by atoms with van der Waals surface area (Å²) in [5.74, 6) is 0.612. The third kappa shape index (κ3) is 3.86. The third-order valence-corrected chi connectivity index (χ3v) is 7.70. The normalized spacial score (nSPS) is 13.3. The van der Waals surface area contributed by atoms with Gasteiger partial charge >= 0.3 is 0 Å². The average Bonchev–Trinajstić information content (AvgIpc) is 3.31. The quantitative estimate of drug-likeness (QED) is 0.355. The number of carbonyl (C=O) groups excluding carboxylic acids is 1. The number of hydrogen-bond acceptors (Lipinski definition) is 6. The molecule has 0 saturated heterocycles. The van der Waals surface area contributed by atoms with E-state index in [0.29, 0.717) is 11.0 Å². The Kier molecular flexibility index (Phi) is 5.60. The molecule has 32 heavy (non-hydrogen) atoms. The van der Waals surface area contributed by atoms with Crippen molar-refractivity contribution < 1.29 is 4.79 Å². The van der Waals surface area contributed by atoms with Crippen LogP contribution in [0.1, 0.15) is 29.0 Å². The van der Waals surface area contributed by atoms with Crippen LogP contribution < -0.4 is 10.9 Å². The molecule has 1 aliphatic rings. The van der Waals surface area contributed by atoms with E-state index in [0.717, 1.165) is 47.3 Å². The second kappa shape index (κ2) is 8.55. The fraction of sp³-hybridized carbons (Fsp3) is 0.304. The van der Waals surface area contributed by atoms with Crippen molar-refractivity contribution >= 4 is 45.0 Å². The fourth-order valence-electron chi connectivity index (χ4n) is 4.12. The first-order valence-corrected chi connectivity index (χ1v) is 12.4. The number of hydrogen-bond donors (Lipinski definition) is 1. The lowest BCUT2D eigenvalue weighted by atomic mass is 9.97. The standard InChI is InChI=1S/C23H23N5O2S2/c1-14-12-18(27(2)26-14)24-19(29)13-31-23-25-21-20(16-10-6-7-11-17(16)32-21)22(30)28(23)15-8-4-3-5-9-15/h3-5,8-9,12H,6-7,10-11,13H2,1-2H3,(H,24,29). The van der Waals surface area contributed by atoms with Crippen LogP contribution in [0.15, 0.2) is 46.3 Å². The maximum Gasteiger partial charge on any atom is 0.267 e. The summed E-state index contributed by atoms with van der Waals surface area (Å²) < 4.78 is 3.29. The van der Waals surface area contributed by atoms with Crippen molar-refractivity contribution in [3.8, 4) is 5.69 Å². The van der Waals surface area contributed by atoms with E-state index in [-0.39, 0.29) is 17.2 Å². The van der Waals surface area contributed by atoms with Gasteiger partial charge in [0.1, 0.15) is 10.6 Å². The van der Waals surface area contributed by atoms with Crippen molar-refractivity contribution in [2.24, 2.45) is 7.05 Å². The van der Waals surface area contributed by atoms with Crippen LogP contribution in [-0.4, -0.2) is 31.0 Å². The van der Waals surface area contributed by atoms with Crippen molar-refractivity contribution in [3.63, 3.8) is 0 Å². The monoisotopic (exact) mass is 465 g/mol. The molecule has 5 rings (SSSR count). The number of fused-ring (bicyclic) bond motifs is 3. The van der Waals surface area contributed by atoms with Crippen LogP contribution in [0, 0.1) is 6.92 Å². The molecule has 0 fully saturated rings. The van der Waals surface area contributed by atoms with Gasteiger partial charge in [-0.15, -0.1) is 11.3 Å². The summed E-state index contributed by atoms with van der Waals surface area (Å²) in [5.41, 5.74) is 2.71. The topological polar surface area (TPSA) is 81.8 Å². The molecule has 0 radical (unpaired) electrons. The van der Waals surface area contributed by atoms with Crippen LogP contribution in [0.25, 0.3) is 15.9 Å². The Bertz CT molecular complexity index is 1370. The van der Waals surface area contributed by atoms with Crippen molar-refractivity contribution in [1.82, 2.24) is 19.3 Å². The van der Waals surface area contributed by atoms with Gasteiger partial charge < -0.3 is 5.32 Å². The number of amides is 1. The number of thiophene rings is 1. The van der Waals surface area contributed by atoms with E-state index < -0.39 is 0 Å². The molecule has 1 amide bonds. The SMILES string of the molecule is Cc1cc(NC(=O)CSc2nc3sc4c(c3c(=O)n2-c2ccccc2)CCCC4)n(C)n1. The molecule has 3 heterocycles. The van der Waals surface area contributed by atoms with Gasteiger partial charge in [0.05, 0.1) is 22.5 Å². The highest BCUT2D eigenvalue weighted by Gasteiger charge is 2.23. The molecule has 3 aromatic heterocycles. The lowest BCUT2D eigenvalue weighted by Crippen LogP contribution is -2.23. The van der Waals surface area contributed by atoms with E-state index in [1.54, 1.807) is 27.6 Å². The number of anilines is 1. The zero-order valence-corrected chi connectivity index (χ0v) is 19.6. The van der Waals surface area contributed by atoms with E-state index in [9.17, 15) is 9.59 Å². The van der Waals surface area contributed by atoms with Crippen molar-refractivity contribution in [2.75, 3.05) is 11.1 Å². The van der Waals surface area contributed by atoms with E-state index >= 15 is 0 Å². The number of para-hydroxylation sites is 1. The third-order valence-electron chi connectivity index (χ3n) is 5.57. The molecule has 0 unspecified atom stereocenters. The average molecular weight is 466 g/mol. The van der Waals surface area contributed by atoms with Crippen LogP contribution in [0.3, 0.4) is 0 Å². The Morgan fingerprint density at radius 2 is 2.00 bits per heavy atom. The second-order valence-corrected chi connectivity index (χ2v) is 9.92. The molecule has 0 spiro atoms. The molecule has 0 aliphatic heterocycles. The number of nitrogens with zero attached hydrogens (tertiary/aromatic N) is 4. The predicted octanol–water partition coefficient (Wildman–Crippen LogP) is 4.10. The Morgan fingerprint density at radius 1 is 1.22 bits per heavy atom. The van der Waals surface area contributed by atoms with Crippen LogP contribution in [0.4, 0.5) is 5.82 Å². The zero-order chi connectivity index (χ0) is 22.2. The number of benzene rings is 1. The molecule has 164 valence electrons. The van der Waals surface area contributed by atoms with E-state index in [2.05, 4.69) is 10.4 Å². The summed E-state index contributed by atoms with van der Waals surface area (Å²) in [6.07, 6.45) is 4.20. The van der Waals surface area contributed by atoms with Gasteiger partial charge in [0, 0.05) is 18.0 Å². The molecule has 1 N–H and O–H groups in total. The smallest absolute Gasteiger partial charge is 0.267 e. The van der Waals surface area contributed by atoms with E-state index in [4.69, 9.17) is 4.98 Å². The molecule has 0 atom stereocenters. The molecular formula is C23H23N5O2S2. The number of rotatable bonds is 5. The van der Waals surface area contributed by atoms with Crippen LogP contribution in [-0.2, 0) is 24.7 Å². The van der Waals surface area contributed by atoms with Gasteiger partial charge in [-0.2, -0.15) is 5.10 Å². The summed E-state index contributed by atoms with van der Waals surface area (Å²) in [6, 6.07) is 11.3. The maximum absolute atomic E-state index is 13.7. The van der Waals surface area contributed by atoms with Gasteiger partial charge in [0.25, 0.3) is 5.56 Å². The van der Waals surface area contributed by atoms with Gasteiger partial charge in [-0.05, 0) is 50.3 Å². The number of thioether (sulfide) groups is 1. The Balaban J connectivity index is 1.52. The van der Waals surface area contributed by atoms with Crippen molar-refractivity contribution in [3.05, 3.63) is 62.9 Å². The van der Waals surface area contributed by atoms with Crippen LogP contribution in [0.5, 0.6) is 0 Å². The minimum Gasteiger partial charge on any atom is -0.310 e. The molecular weight excluding hydrogens is 442 g/mol. The lowest BCUT2D eigenvalue weighted by Gasteiger charge is -2.13. The highest BCUT2D eigenvalue weighted by molar-refractivity contribution is 7.99. The Hall–Kier alpha value is -2.91. The largest absolute Gasteiger partial charge is 0.310 e. The second-order valence-electron chi connectivity index (χ2n) is 7.89. The van der Waals surface area contributed by atoms with Gasteiger partial charge in [-0.3, -0.25) is 18.8 Å². The minimum atomic E-state index is -0.169. The summed E-state index contributed by atoms with van der Waals surface area (Å²) in [5, 5.41) is 8.41. The Labute approximate surface area is 193 Å². The maximum atomic E-state index is 13.7. The molecule has 4 aromatic rings. The molecule has 0 saturated carbocycles. The van der Waals surface area contributed by atoms with Gasteiger partial charge in [-0.25, -0.2) is 4.98 Å². The molecule has 1 aromatic carbocycles. The summed E-state index contributed by atoms with van der Waals surface area (Å²) in [6.45, 7) is 1.88. The van der Waals surface area contributed by atoms with Gasteiger partial charge in [0.15, 0.2) is 5.16 Å². The molecule has 1 aliphatic carbocycles. The first-order valence-electron chi connectivity index (χ1n) is 10.6. The van der Waals surface area contributed by atoms with Crippen LogP contribution >= 0.6 is 23.1 Å². The van der Waals surface area contributed by atoms with Crippen molar-refractivity contribution in [2.45, 2.75) is 37.8 Å². The van der Waals surface area contributed by atoms with E-state index in [1.807, 2.05) is 43.3 Å². The van der Waals surface area contributed by atoms with E-state index in [1.165, 1.54) is 22.2 Å².